The normalized spacial score (nSPS) is 25.1. The van der Waals surface area contributed by atoms with Crippen molar-refractivity contribution in [2.75, 3.05) is 23.3 Å². The van der Waals surface area contributed by atoms with Crippen molar-refractivity contribution in [3.8, 4) is 0 Å². The Bertz CT molecular complexity index is 480. The number of anilines is 2. The summed E-state index contributed by atoms with van der Waals surface area (Å²) in [5.41, 5.74) is 7.16. The van der Waals surface area contributed by atoms with Crippen LogP contribution in [-0.2, 0) is 4.79 Å². The van der Waals surface area contributed by atoms with E-state index in [1.165, 1.54) is 0 Å². The lowest BCUT2D eigenvalue weighted by Crippen LogP contribution is -2.53. The monoisotopic (exact) mass is 293 g/mol. The van der Waals surface area contributed by atoms with Crippen LogP contribution in [0.4, 0.5) is 11.4 Å². The van der Waals surface area contributed by atoms with Crippen LogP contribution in [0, 0.1) is 0 Å². The lowest BCUT2D eigenvalue weighted by Gasteiger charge is -2.40. The van der Waals surface area contributed by atoms with Gasteiger partial charge < -0.3 is 11.1 Å². The first-order valence-corrected chi connectivity index (χ1v) is 8.08. The average molecular weight is 293 g/mol. The fourth-order valence-electron chi connectivity index (χ4n) is 2.50. The Morgan fingerprint density at radius 2 is 2.15 bits per heavy atom. The highest BCUT2D eigenvalue weighted by Gasteiger charge is 2.31. The van der Waals surface area contributed by atoms with Gasteiger partial charge in [-0.25, -0.2) is 0 Å². The van der Waals surface area contributed by atoms with Gasteiger partial charge in [0.15, 0.2) is 0 Å². The van der Waals surface area contributed by atoms with Gasteiger partial charge in [-0.2, -0.15) is 11.8 Å². The van der Waals surface area contributed by atoms with Gasteiger partial charge in [0, 0.05) is 23.6 Å². The molecule has 0 spiro atoms. The van der Waals surface area contributed by atoms with Gasteiger partial charge >= 0.3 is 0 Å². The zero-order chi connectivity index (χ0) is 14.7. The average Bonchev–Trinajstić information content (AvgIpc) is 2.43. The van der Waals surface area contributed by atoms with E-state index in [1.807, 2.05) is 36.9 Å². The van der Waals surface area contributed by atoms with Gasteiger partial charge in [-0.1, -0.05) is 19.1 Å². The first kappa shape index (κ1) is 15.2. The van der Waals surface area contributed by atoms with Crippen LogP contribution >= 0.6 is 11.8 Å². The molecule has 4 nitrogen and oxygen atoms in total. The number of hydrogen-bond donors (Lipinski definition) is 2. The number of amides is 1. The Morgan fingerprint density at radius 3 is 2.85 bits per heavy atom. The maximum absolute atomic E-state index is 12.4. The van der Waals surface area contributed by atoms with Crippen molar-refractivity contribution in [3.05, 3.63) is 24.3 Å². The number of nitrogens with zero attached hydrogens (tertiary/aromatic N) is 1. The van der Waals surface area contributed by atoms with E-state index < -0.39 is 0 Å². The molecule has 20 heavy (non-hydrogen) atoms. The molecule has 0 aliphatic carbocycles. The van der Waals surface area contributed by atoms with Crippen LogP contribution in [0.25, 0.3) is 0 Å². The molecule has 1 fully saturated rings. The molecule has 1 amide bonds. The van der Waals surface area contributed by atoms with Gasteiger partial charge in [-0.3, -0.25) is 9.69 Å². The van der Waals surface area contributed by atoms with E-state index in [4.69, 9.17) is 5.73 Å². The Balaban J connectivity index is 2.03. The van der Waals surface area contributed by atoms with E-state index in [1.54, 1.807) is 6.07 Å². The number of hydrogen-bond acceptors (Lipinski definition) is 4. The quantitative estimate of drug-likeness (QED) is 0.840. The molecule has 1 aliphatic rings. The molecule has 1 aliphatic heterocycles. The lowest BCUT2D eigenvalue weighted by molar-refractivity contribution is -0.121. The molecule has 0 saturated carbocycles. The zero-order valence-electron chi connectivity index (χ0n) is 12.3. The number of nitrogen functional groups attached to an aromatic ring is 1. The molecular weight excluding hydrogens is 270 g/mol. The summed E-state index contributed by atoms with van der Waals surface area (Å²) in [6, 6.07) is 7.62. The van der Waals surface area contributed by atoms with E-state index in [-0.39, 0.29) is 11.9 Å². The number of nitrogens with two attached hydrogens (primary N) is 1. The number of para-hydroxylation sites is 2. The summed E-state index contributed by atoms with van der Waals surface area (Å²) in [6.45, 7) is 7.33. The summed E-state index contributed by atoms with van der Waals surface area (Å²) in [5, 5.41) is 3.49. The Kier molecular flexibility index (Phi) is 4.94. The Hall–Kier alpha value is -1.20. The van der Waals surface area contributed by atoms with Crippen molar-refractivity contribution in [1.29, 1.82) is 0 Å². The second-order valence-corrected chi connectivity index (χ2v) is 6.79. The van der Waals surface area contributed by atoms with Crippen LogP contribution in [0.3, 0.4) is 0 Å². The molecule has 1 aromatic carbocycles. The summed E-state index contributed by atoms with van der Waals surface area (Å²) in [7, 11) is 0. The fourth-order valence-corrected chi connectivity index (χ4v) is 3.62. The van der Waals surface area contributed by atoms with Gasteiger partial charge in [-0.15, -0.1) is 0 Å². The molecule has 3 atom stereocenters. The Labute approximate surface area is 125 Å². The van der Waals surface area contributed by atoms with Crippen LogP contribution in [0.15, 0.2) is 24.3 Å². The van der Waals surface area contributed by atoms with Crippen molar-refractivity contribution < 1.29 is 4.79 Å². The predicted molar refractivity (Wildman–Crippen MR) is 87.0 cm³/mol. The SMILES string of the molecule is CC1SCCN(C(C)C(=O)Nc2ccccc2N)C1C. The van der Waals surface area contributed by atoms with Crippen LogP contribution in [0.5, 0.6) is 0 Å². The van der Waals surface area contributed by atoms with Crippen molar-refractivity contribution in [2.45, 2.75) is 38.1 Å². The third-order valence-corrected chi connectivity index (χ3v) is 5.37. The van der Waals surface area contributed by atoms with E-state index in [0.717, 1.165) is 12.3 Å². The molecule has 3 N–H and O–H groups in total. The maximum atomic E-state index is 12.4. The summed E-state index contributed by atoms with van der Waals surface area (Å²) < 4.78 is 0. The molecule has 0 aromatic heterocycles. The molecule has 0 bridgehead atoms. The summed E-state index contributed by atoms with van der Waals surface area (Å²) >= 11 is 1.97. The molecule has 1 aromatic rings. The molecule has 1 saturated heterocycles. The van der Waals surface area contributed by atoms with E-state index in [0.29, 0.717) is 22.7 Å². The number of thioether (sulfide) groups is 1. The first-order valence-electron chi connectivity index (χ1n) is 7.03. The van der Waals surface area contributed by atoms with Crippen molar-refractivity contribution in [3.63, 3.8) is 0 Å². The van der Waals surface area contributed by atoms with E-state index >= 15 is 0 Å². The number of nitrogens with one attached hydrogen (secondary N) is 1. The number of rotatable bonds is 3. The van der Waals surface area contributed by atoms with Gasteiger partial charge in [0.1, 0.15) is 0 Å². The van der Waals surface area contributed by atoms with Crippen LogP contribution < -0.4 is 11.1 Å². The van der Waals surface area contributed by atoms with Crippen molar-refractivity contribution >= 4 is 29.0 Å². The minimum absolute atomic E-state index is 0.00819. The summed E-state index contributed by atoms with van der Waals surface area (Å²) in [4.78, 5) is 14.7. The van der Waals surface area contributed by atoms with E-state index in [9.17, 15) is 4.79 Å². The van der Waals surface area contributed by atoms with Gasteiger partial charge in [-0.05, 0) is 26.0 Å². The predicted octanol–water partition coefficient (Wildman–Crippen LogP) is 2.42. The largest absolute Gasteiger partial charge is 0.397 e. The van der Waals surface area contributed by atoms with Gasteiger partial charge in [0.05, 0.1) is 17.4 Å². The molecular formula is C15H23N3OS. The van der Waals surface area contributed by atoms with E-state index in [2.05, 4.69) is 24.1 Å². The fraction of sp³-hybridized carbons (Fsp3) is 0.533. The van der Waals surface area contributed by atoms with Crippen LogP contribution in [-0.4, -0.2) is 40.4 Å². The molecule has 5 heteroatoms. The van der Waals surface area contributed by atoms with Crippen molar-refractivity contribution in [2.24, 2.45) is 0 Å². The van der Waals surface area contributed by atoms with Crippen molar-refractivity contribution in [1.82, 2.24) is 4.90 Å². The highest BCUT2D eigenvalue weighted by molar-refractivity contribution is 8.00. The van der Waals surface area contributed by atoms with Gasteiger partial charge in [0.2, 0.25) is 5.91 Å². The van der Waals surface area contributed by atoms with Gasteiger partial charge in [0.25, 0.3) is 0 Å². The highest BCUT2D eigenvalue weighted by Crippen LogP contribution is 2.26. The lowest BCUT2D eigenvalue weighted by atomic mass is 10.1. The molecule has 3 unspecified atom stereocenters. The second kappa shape index (κ2) is 6.50. The third-order valence-electron chi connectivity index (χ3n) is 4.03. The number of carbonyl (C=O) groups excluding carboxylic acids is 1. The van der Waals surface area contributed by atoms with Crippen LogP contribution in [0.2, 0.25) is 0 Å². The third kappa shape index (κ3) is 3.27. The molecule has 110 valence electrons. The first-order chi connectivity index (χ1) is 9.50. The maximum Gasteiger partial charge on any atom is 0.241 e. The topological polar surface area (TPSA) is 58.4 Å². The summed E-state index contributed by atoms with van der Waals surface area (Å²) in [6.07, 6.45) is 0. The molecule has 0 radical (unpaired) electrons. The Morgan fingerprint density at radius 1 is 1.45 bits per heavy atom. The minimum Gasteiger partial charge on any atom is -0.397 e. The highest BCUT2D eigenvalue weighted by atomic mass is 32.2. The molecule has 2 rings (SSSR count). The smallest absolute Gasteiger partial charge is 0.241 e. The summed E-state index contributed by atoms with van der Waals surface area (Å²) in [5.74, 6) is 1.09. The van der Waals surface area contributed by atoms with Crippen LogP contribution in [0.1, 0.15) is 20.8 Å². The minimum atomic E-state index is -0.145. The second-order valence-electron chi connectivity index (χ2n) is 5.31. The zero-order valence-corrected chi connectivity index (χ0v) is 13.1. The molecule has 1 heterocycles. The number of benzene rings is 1. The number of carbonyl (C=O) groups is 1. The standard InChI is InChI=1S/C15H23N3OS/c1-10-12(3)20-9-8-18(10)11(2)15(19)17-14-7-5-4-6-13(14)16/h4-7,10-12H,8-9,16H2,1-3H3,(H,17,19).